The molecule has 3 rings (SSSR count). The average molecular weight is 334 g/mol. The van der Waals surface area contributed by atoms with Gasteiger partial charge in [0.1, 0.15) is 17.2 Å². The SMILES string of the molecule is Oc1ccc(-c2nc(-c3ncccc3Br)no2)c(O)c1. The first-order valence-corrected chi connectivity index (χ1v) is 6.41. The van der Waals surface area contributed by atoms with Gasteiger partial charge >= 0.3 is 0 Å². The predicted molar refractivity (Wildman–Crippen MR) is 74.0 cm³/mol. The smallest absolute Gasteiger partial charge is 0.262 e. The molecule has 3 aromatic rings. The molecule has 0 unspecified atom stereocenters. The molecule has 0 aliphatic rings. The predicted octanol–water partition coefficient (Wildman–Crippen LogP) is 2.97. The van der Waals surface area contributed by atoms with Crippen molar-refractivity contribution in [1.29, 1.82) is 0 Å². The van der Waals surface area contributed by atoms with Gasteiger partial charge in [-0.05, 0) is 40.2 Å². The fourth-order valence-corrected chi connectivity index (χ4v) is 2.11. The molecule has 0 saturated heterocycles. The maximum atomic E-state index is 9.77. The van der Waals surface area contributed by atoms with Crippen molar-refractivity contribution in [3.05, 3.63) is 41.0 Å². The van der Waals surface area contributed by atoms with Crippen molar-refractivity contribution in [3.63, 3.8) is 0 Å². The van der Waals surface area contributed by atoms with E-state index in [-0.39, 0.29) is 17.4 Å². The van der Waals surface area contributed by atoms with E-state index in [9.17, 15) is 10.2 Å². The summed E-state index contributed by atoms with van der Waals surface area (Å²) in [4.78, 5) is 8.35. The Morgan fingerprint density at radius 3 is 2.75 bits per heavy atom. The van der Waals surface area contributed by atoms with Crippen LogP contribution in [0.5, 0.6) is 11.5 Å². The van der Waals surface area contributed by atoms with E-state index in [0.29, 0.717) is 17.1 Å². The van der Waals surface area contributed by atoms with Gasteiger partial charge in [0.25, 0.3) is 5.89 Å². The number of phenols is 2. The van der Waals surface area contributed by atoms with Crippen molar-refractivity contribution in [2.75, 3.05) is 0 Å². The van der Waals surface area contributed by atoms with E-state index < -0.39 is 0 Å². The van der Waals surface area contributed by atoms with Crippen LogP contribution >= 0.6 is 15.9 Å². The van der Waals surface area contributed by atoms with Crippen LogP contribution in [0, 0.1) is 0 Å². The second kappa shape index (κ2) is 4.93. The van der Waals surface area contributed by atoms with Crippen molar-refractivity contribution in [2.45, 2.75) is 0 Å². The maximum Gasteiger partial charge on any atom is 0.262 e. The van der Waals surface area contributed by atoms with Crippen LogP contribution in [0.1, 0.15) is 0 Å². The summed E-state index contributed by atoms with van der Waals surface area (Å²) in [6.45, 7) is 0. The topological polar surface area (TPSA) is 92.3 Å². The van der Waals surface area contributed by atoms with Crippen molar-refractivity contribution < 1.29 is 14.7 Å². The van der Waals surface area contributed by atoms with Gasteiger partial charge < -0.3 is 14.7 Å². The van der Waals surface area contributed by atoms with E-state index in [4.69, 9.17) is 4.52 Å². The molecule has 0 atom stereocenters. The van der Waals surface area contributed by atoms with Crippen LogP contribution in [0.25, 0.3) is 23.0 Å². The first-order valence-electron chi connectivity index (χ1n) is 5.62. The van der Waals surface area contributed by atoms with Crippen LogP contribution in [0.3, 0.4) is 0 Å². The molecule has 20 heavy (non-hydrogen) atoms. The Labute approximate surface area is 121 Å². The van der Waals surface area contributed by atoms with Gasteiger partial charge in [-0.1, -0.05) is 5.16 Å². The van der Waals surface area contributed by atoms with E-state index >= 15 is 0 Å². The van der Waals surface area contributed by atoms with Gasteiger partial charge in [-0.3, -0.25) is 4.98 Å². The maximum absolute atomic E-state index is 9.77. The summed E-state index contributed by atoms with van der Waals surface area (Å²) in [5, 5.41) is 22.9. The molecule has 6 nitrogen and oxygen atoms in total. The number of aromatic nitrogens is 3. The number of hydrogen-bond acceptors (Lipinski definition) is 6. The largest absolute Gasteiger partial charge is 0.508 e. The van der Waals surface area contributed by atoms with E-state index in [1.165, 1.54) is 18.2 Å². The number of phenolic OH excluding ortho intramolecular Hbond substituents is 2. The molecule has 0 radical (unpaired) electrons. The van der Waals surface area contributed by atoms with Crippen molar-refractivity contribution in [1.82, 2.24) is 15.1 Å². The molecule has 0 amide bonds. The minimum Gasteiger partial charge on any atom is -0.508 e. The van der Waals surface area contributed by atoms with Gasteiger partial charge in [-0.2, -0.15) is 4.98 Å². The summed E-state index contributed by atoms with van der Waals surface area (Å²) in [5.41, 5.74) is 0.884. The highest BCUT2D eigenvalue weighted by atomic mass is 79.9. The molecular weight excluding hydrogens is 326 g/mol. The van der Waals surface area contributed by atoms with Crippen molar-refractivity contribution in [2.24, 2.45) is 0 Å². The molecule has 100 valence electrons. The Bertz CT molecular complexity index is 773. The van der Waals surface area contributed by atoms with Crippen LogP contribution in [0.2, 0.25) is 0 Å². The summed E-state index contributed by atoms with van der Waals surface area (Å²) in [7, 11) is 0. The Morgan fingerprint density at radius 1 is 1.15 bits per heavy atom. The second-order valence-electron chi connectivity index (χ2n) is 3.96. The average Bonchev–Trinajstić information content (AvgIpc) is 2.88. The lowest BCUT2D eigenvalue weighted by Gasteiger charge is -1.99. The number of benzene rings is 1. The summed E-state index contributed by atoms with van der Waals surface area (Å²) in [6, 6.07) is 7.72. The Kier molecular flexibility index (Phi) is 3.11. The highest BCUT2D eigenvalue weighted by Crippen LogP contribution is 2.32. The lowest BCUT2D eigenvalue weighted by atomic mass is 10.2. The van der Waals surface area contributed by atoms with Crippen molar-refractivity contribution >= 4 is 15.9 Å². The van der Waals surface area contributed by atoms with E-state index in [0.717, 1.165) is 4.47 Å². The number of rotatable bonds is 2. The zero-order valence-corrected chi connectivity index (χ0v) is 11.6. The van der Waals surface area contributed by atoms with E-state index in [1.807, 2.05) is 6.07 Å². The van der Waals surface area contributed by atoms with Crippen LogP contribution in [-0.2, 0) is 0 Å². The first kappa shape index (κ1) is 12.6. The standard InChI is InChI=1S/C13H8BrN3O3/c14-9-2-1-5-15-11(9)12-16-13(20-17-12)8-4-3-7(18)6-10(8)19/h1-6,18-19H. The van der Waals surface area contributed by atoms with Crippen LogP contribution in [0.4, 0.5) is 0 Å². The molecule has 0 aliphatic carbocycles. The molecule has 7 heteroatoms. The molecule has 0 aliphatic heterocycles. The van der Waals surface area contributed by atoms with Crippen LogP contribution in [0.15, 0.2) is 45.5 Å². The van der Waals surface area contributed by atoms with E-state index in [2.05, 4.69) is 31.1 Å². The summed E-state index contributed by atoms with van der Waals surface area (Å²) < 4.78 is 5.86. The Hall–Kier alpha value is -2.41. The fourth-order valence-electron chi connectivity index (χ4n) is 1.68. The summed E-state index contributed by atoms with van der Waals surface area (Å²) in [6.07, 6.45) is 1.62. The minimum atomic E-state index is -0.139. The van der Waals surface area contributed by atoms with Gasteiger partial charge in [0.15, 0.2) is 0 Å². The van der Waals surface area contributed by atoms with Gasteiger partial charge in [-0.15, -0.1) is 0 Å². The molecule has 2 heterocycles. The van der Waals surface area contributed by atoms with Gasteiger partial charge in [-0.25, -0.2) is 0 Å². The highest BCUT2D eigenvalue weighted by molar-refractivity contribution is 9.10. The second-order valence-corrected chi connectivity index (χ2v) is 4.81. The number of pyridine rings is 1. The fraction of sp³-hybridized carbons (Fsp3) is 0. The third-order valence-electron chi connectivity index (χ3n) is 2.61. The zero-order chi connectivity index (χ0) is 14.1. The molecule has 2 N–H and O–H groups in total. The van der Waals surface area contributed by atoms with E-state index in [1.54, 1.807) is 12.3 Å². The zero-order valence-electron chi connectivity index (χ0n) is 9.99. The third-order valence-corrected chi connectivity index (χ3v) is 3.25. The van der Waals surface area contributed by atoms with Gasteiger partial charge in [0, 0.05) is 16.7 Å². The minimum absolute atomic E-state index is 0.0431. The molecule has 0 bridgehead atoms. The molecule has 0 spiro atoms. The van der Waals surface area contributed by atoms with Gasteiger partial charge in [0.05, 0.1) is 5.56 Å². The van der Waals surface area contributed by atoms with Crippen LogP contribution in [-0.4, -0.2) is 25.3 Å². The monoisotopic (exact) mass is 333 g/mol. The van der Waals surface area contributed by atoms with Crippen molar-refractivity contribution in [3.8, 4) is 34.5 Å². The first-order chi connectivity index (χ1) is 9.65. The molecule has 2 aromatic heterocycles. The number of nitrogens with zero attached hydrogens (tertiary/aromatic N) is 3. The summed E-state index contributed by atoms with van der Waals surface area (Å²) >= 11 is 3.36. The normalized spacial score (nSPS) is 10.7. The van der Waals surface area contributed by atoms with Crippen LogP contribution < -0.4 is 0 Å². The summed E-state index contributed by atoms with van der Waals surface area (Å²) in [5.74, 6) is 0.272. The lowest BCUT2D eigenvalue weighted by molar-refractivity contribution is 0.423. The highest BCUT2D eigenvalue weighted by Gasteiger charge is 2.16. The molecule has 0 fully saturated rings. The number of aromatic hydroxyl groups is 2. The molecular formula is C13H8BrN3O3. The third kappa shape index (κ3) is 2.23. The Balaban J connectivity index is 2.04. The number of hydrogen-bond donors (Lipinski definition) is 2. The van der Waals surface area contributed by atoms with Gasteiger partial charge in [0.2, 0.25) is 5.82 Å². The quantitative estimate of drug-likeness (QED) is 0.748. The molecule has 1 aromatic carbocycles. The lowest BCUT2D eigenvalue weighted by Crippen LogP contribution is -1.86. The Morgan fingerprint density at radius 2 is 2.00 bits per heavy atom. The number of halogens is 1. The molecule has 0 saturated carbocycles.